The highest BCUT2D eigenvalue weighted by molar-refractivity contribution is 5.79. The van der Waals surface area contributed by atoms with Crippen LogP contribution in [0, 0.1) is 0 Å². The van der Waals surface area contributed by atoms with Gasteiger partial charge in [-0.15, -0.1) is 0 Å². The smallest absolute Gasteiger partial charge is 0.235 e. The van der Waals surface area contributed by atoms with Crippen LogP contribution >= 0.6 is 0 Å². The summed E-state index contributed by atoms with van der Waals surface area (Å²) in [6.45, 7) is 5.12. The lowest BCUT2D eigenvalue weighted by molar-refractivity contribution is -0.118. The molecule has 0 aromatic heterocycles. The van der Waals surface area contributed by atoms with Gasteiger partial charge in [-0.3, -0.25) is 10.1 Å². The third-order valence-electron chi connectivity index (χ3n) is 0.696. The van der Waals surface area contributed by atoms with Crippen molar-refractivity contribution >= 4 is 5.91 Å². The van der Waals surface area contributed by atoms with Crippen LogP contribution in [0.4, 0.5) is 0 Å². The maximum atomic E-state index is 10.1. The Kier molecular flexibility index (Phi) is 4.26. The van der Waals surface area contributed by atoms with E-state index in [1.54, 1.807) is 0 Å². The van der Waals surface area contributed by atoms with Crippen LogP contribution in [0.1, 0.15) is 13.8 Å². The quantitative estimate of drug-likeness (QED) is 0.456. The van der Waals surface area contributed by atoms with Gasteiger partial charge in [0.2, 0.25) is 5.91 Å². The highest BCUT2D eigenvalue weighted by atomic mass is 16.2. The van der Waals surface area contributed by atoms with Crippen LogP contribution in [-0.4, -0.2) is 19.1 Å². The molecule has 0 aromatic carbocycles. The summed E-state index contributed by atoms with van der Waals surface area (Å²) in [6, 6.07) is 0. The van der Waals surface area contributed by atoms with Crippen molar-refractivity contribution in [2.24, 2.45) is 0 Å². The van der Waals surface area contributed by atoms with Crippen LogP contribution in [0.2, 0.25) is 0 Å². The number of hydrogen-bond donors (Lipinski definition) is 2. The van der Waals surface area contributed by atoms with Gasteiger partial charge in [-0.1, -0.05) is 13.8 Å². The van der Waals surface area contributed by atoms with Gasteiger partial charge in [0, 0.05) is 0 Å². The molecular weight excluding hydrogens is 104 g/mol. The van der Waals surface area contributed by atoms with Gasteiger partial charge in [0.1, 0.15) is 0 Å². The van der Waals surface area contributed by atoms with E-state index in [1.165, 1.54) is 0 Å². The minimum Gasteiger partial charge on any atom is -0.342 e. The Hall–Kier alpha value is -0.570. The van der Waals surface area contributed by atoms with E-state index in [-0.39, 0.29) is 5.91 Å². The van der Waals surface area contributed by atoms with Gasteiger partial charge in [0.25, 0.3) is 0 Å². The molecule has 48 valence electrons. The van der Waals surface area contributed by atoms with Crippen LogP contribution in [0.15, 0.2) is 0 Å². The van der Waals surface area contributed by atoms with Crippen molar-refractivity contribution in [2.45, 2.75) is 13.8 Å². The predicted octanol–water partition coefficient (Wildman–Crippen LogP) is -0.311. The minimum absolute atomic E-state index is 0.0926. The second kappa shape index (κ2) is 4.59. The van der Waals surface area contributed by atoms with Crippen molar-refractivity contribution < 1.29 is 4.79 Å². The Bertz CT molecular complexity index is 64.8. The highest BCUT2D eigenvalue weighted by Crippen LogP contribution is 1.67. The second-order valence-electron chi connectivity index (χ2n) is 1.20. The number of carbonyl (C=O) groups excluding carboxylic acids is 1. The molecule has 0 saturated carbocycles. The van der Waals surface area contributed by atoms with Crippen LogP contribution in [0.25, 0.3) is 0 Å². The Balaban J connectivity index is 0.000000222. The molecule has 0 aromatic rings. The highest BCUT2D eigenvalue weighted by Gasteiger charge is 2.03. The third-order valence-corrected chi connectivity index (χ3v) is 0.696. The molecule has 0 radical (unpaired) electrons. The van der Waals surface area contributed by atoms with Gasteiger partial charge in [0.05, 0.1) is 13.2 Å². The molecule has 0 aliphatic carbocycles. The molecule has 1 fully saturated rings. The number of carbonyl (C=O) groups is 1. The largest absolute Gasteiger partial charge is 0.342 e. The number of rotatable bonds is 0. The normalized spacial score (nSPS) is 16.5. The van der Waals surface area contributed by atoms with Crippen molar-refractivity contribution in [1.82, 2.24) is 10.6 Å². The summed E-state index contributed by atoms with van der Waals surface area (Å²) >= 11 is 0. The van der Waals surface area contributed by atoms with E-state index in [2.05, 4.69) is 10.6 Å². The average molecular weight is 116 g/mol. The van der Waals surface area contributed by atoms with Crippen molar-refractivity contribution in [1.29, 1.82) is 0 Å². The molecule has 8 heavy (non-hydrogen) atoms. The molecule has 1 amide bonds. The zero-order valence-electron chi connectivity index (χ0n) is 5.32. The molecular formula is C5H12N2O. The van der Waals surface area contributed by atoms with Crippen LogP contribution in [-0.2, 0) is 4.79 Å². The summed E-state index contributed by atoms with van der Waals surface area (Å²) in [5.74, 6) is 0.0926. The van der Waals surface area contributed by atoms with Gasteiger partial charge in [0.15, 0.2) is 0 Å². The molecule has 0 atom stereocenters. The van der Waals surface area contributed by atoms with Gasteiger partial charge in [-0.2, -0.15) is 0 Å². The van der Waals surface area contributed by atoms with Gasteiger partial charge < -0.3 is 5.32 Å². The zero-order valence-corrected chi connectivity index (χ0v) is 5.32. The Morgan fingerprint density at radius 1 is 1.50 bits per heavy atom. The first kappa shape index (κ1) is 7.43. The summed E-state index contributed by atoms with van der Waals surface area (Å²) in [4.78, 5) is 10.1. The molecule has 1 heterocycles. The molecule has 1 rings (SSSR count). The fraction of sp³-hybridized carbons (Fsp3) is 0.800. The first-order valence-electron chi connectivity index (χ1n) is 2.87. The summed E-state index contributed by atoms with van der Waals surface area (Å²) < 4.78 is 0. The number of nitrogens with one attached hydrogen (secondary N) is 2. The molecule has 1 aliphatic rings. The fourth-order valence-electron chi connectivity index (χ4n) is 0.400. The first-order chi connectivity index (χ1) is 3.89. The Labute approximate surface area is 49.5 Å². The Morgan fingerprint density at radius 3 is 2.25 bits per heavy atom. The lowest BCUT2D eigenvalue weighted by Gasteiger charge is -1.78. The predicted molar refractivity (Wildman–Crippen MR) is 32.4 cm³/mol. The van der Waals surface area contributed by atoms with Crippen LogP contribution in [0.3, 0.4) is 0 Å². The second-order valence-corrected chi connectivity index (χ2v) is 1.20. The molecule has 2 N–H and O–H groups in total. The van der Waals surface area contributed by atoms with Crippen molar-refractivity contribution in [3.05, 3.63) is 0 Å². The van der Waals surface area contributed by atoms with Gasteiger partial charge in [-0.05, 0) is 0 Å². The van der Waals surface area contributed by atoms with E-state index < -0.39 is 0 Å². The maximum absolute atomic E-state index is 10.1. The maximum Gasteiger partial charge on any atom is 0.235 e. The zero-order chi connectivity index (χ0) is 6.41. The van der Waals surface area contributed by atoms with E-state index in [4.69, 9.17) is 0 Å². The third kappa shape index (κ3) is 2.58. The summed E-state index contributed by atoms with van der Waals surface area (Å²) in [5.41, 5.74) is 0. The van der Waals surface area contributed by atoms with Crippen LogP contribution < -0.4 is 10.6 Å². The SMILES string of the molecule is CC.O=C1CNCN1. The summed E-state index contributed by atoms with van der Waals surface area (Å²) in [6.07, 6.45) is 0. The van der Waals surface area contributed by atoms with Gasteiger partial charge >= 0.3 is 0 Å². The summed E-state index contributed by atoms with van der Waals surface area (Å²) in [5, 5.41) is 5.38. The topological polar surface area (TPSA) is 41.1 Å². The van der Waals surface area contributed by atoms with E-state index in [0.29, 0.717) is 13.2 Å². The van der Waals surface area contributed by atoms with Gasteiger partial charge in [-0.25, -0.2) is 0 Å². The molecule has 1 aliphatic heterocycles. The average Bonchev–Trinajstić information content (AvgIpc) is 2.24. The lowest BCUT2D eigenvalue weighted by Crippen LogP contribution is -2.14. The molecule has 3 heteroatoms. The van der Waals surface area contributed by atoms with E-state index in [9.17, 15) is 4.79 Å². The van der Waals surface area contributed by atoms with E-state index in [1.807, 2.05) is 13.8 Å². The first-order valence-corrected chi connectivity index (χ1v) is 2.87. The Morgan fingerprint density at radius 2 is 2.12 bits per heavy atom. The lowest BCUT2D eigenvalue weighted by atomic mass is 10.7. The van der Waals surface area contributed by atoms with Crippen molar-refractivity contribution in [2.75, 3.05) is 13.2 Å². The standard InChI is InChI=1S/C3H6N2O.C2H6/c6-3-1-4-2-5-3;1-2/h4H,1-2H2,(H,5,6);1-2H3. The van der Waals surface area contributed by atoms with E-state index in [0.717, 1.165) is 0 Å². The monoisotopic (exact) mass is 116 g/mol. The summed E-state index contributed by atoms with van der Waals surface area (Å²) in [7, 11) is 0. The minimum atomic E-state index is 0.0926. The van der Waals surface area contributed by atoms with E-state index >= 15 is 0 Å². The van der Waals surface area contributed by atoms with Crippen LogP contribution in [0.5, 0.6) is 0 Å². The molecule has 0 spiro atoms. The van der Waals surface area contributed by atoms with Crippen molar-refractivity contribution in [3.8, 4) is 0 Å². The molecule has 1 saturated heterocycles. The number of amides is 1. The van der Waals surface area contributed by atoms with Crippen molar-refractivity contribution in [3.63, 3.8) is 0 Å². The fourth-order valence-corrected chi connectivity index (χ4v) is 0.400. The molecule has 0 bridgehead atoms. The molecule has 3 nitrogen and oxygen atoms in total. The number of hydrogen-bond acceptors (Lipinski definition) is 2. The molecule has 0 unspecified atom stereocenters.